The van der Waals surface area contributed by atoms with Gasteiger partial charge in [0.05, 0.1) is 13.2 Å². The van der Waals surface area contributed by atoms with Crippen LogP contribution >= 0.6 is 0 Å². The van der Waals surface area contributed by atoms with Crippen LogP contribution in [0.4, 0.5) is 4.39 Å². The van der Waals surface area contributed by atoms with Crippen molar-refractivity contribution in [3.05, 3.63) is 76.5 Å². The lowest BCUT2D eigenvalue weighted by Crippen LogP contribution is -2.58. The van der Waals surface area contributed by atoms with E-state index in [1.165, 1.54) is 38.2 Å². The number of likely N-dealkylation sites (tertiary alicyclic amines) is 2. The molecular formula is C34H39FN4O7. The first kappa shape index (κ1) is 31.4. The third-order valence-corrected chi connectivity index (χ3v) is 8.67. The van der Waals surface area contributed by atoms with Gasteiger partial charge in [-0.3, -0.25) is 19.3 Å². The summed E-state index contributed by atoms with van der Waals surface area (Å²) in [4.78, 5) is 43.9. The van der Waals surface area contributed by atoms with Crippen molar-refractivity contribution in [2.45, 2.75) is 57.8 Å². The van der Waals surface area contributed by atoms with Crippen LogP contribution in [0.25, 0.3) is 0 Å². The van der Waals surface area contributed by atoms with Gasteiger partial charge in [-0.1, -0.05) is 6.92 Å². The number of ether oxygens (including phenoxy) is 3. The molecular weight excluding hydrogens is 595 g/mol. The number of aryl methyl sites for hydroxylation is 1. The van der Waals surface area contributed by atoms with Crippen LogP contribution in [0, 0.1) is 5.82 Å². The first-order valence-electron chi connectivity index (χ1n) is 15.8. The minimum Gasteiger partial charge on any atom is -0.493 e. The molecule has 2 saturated heterocycles. The lowest BCUT2D eigenvalue weighted by atomic mass is 10.0. The van der Waals surface area contributed by atoms with Crippen LogP contribution in [-0.2, 0) is 24.3 Å². The van der Waals surface area contributed by atoms with Crippen LogP contribution in [0.2, 0.25) is 0 Å². The van der Waals surface area contributed by atoms with Gasteiger partial charge >= 0.3 is 0 Å². The fourth-order valence-electron chi connectivity index (χ4n) is 6.28. The predicted molar refractivity (Wildman–Crippen MR) is 166 cm³/mol. The Bertz CT molecular complexity index is 1600. The van der Waals surface area contributed by atoms with Crippen LogP contribution in [0.3, 0.4) is 0 Å². The molecule has 2 N–H and O–H groups in total. The molecule has 244 valence electrons. The number of furan rings is 1. The lowest BCUT2D eigenvalue weighted by Gasteiger charge is -2.38. The van der Waals surface area contributed by atoms with Gasteiger partial charge in [0.15, 0.2) is 23.9 Å². The van der Waals surface area contributed by atoms with E-state index in [1.807, 2.05) is 13.0 Å². The summed E-state index contributed by atoms with van der Waals surface area (Å²) >= 11 is 0. The average molecular weight is 635 g/mol. The predicted octanol–water partition coefficient (Wildman–Crippen LogP) is 3.69. The fourth-order valence-corrected chi connectivity index (χ4v) is 6.28. The SMILES string of the molecule is CCc1oc(C(=O)N2CC[C@H]3Oc4cc(F)cc(c4)CNC(=O)COc4cc(ccc4OC)C(=O)N[C@H]3C2)cc1CN1CCCC1. The Morgan fingerprint density at radius 2 is 1.91 bits per heavy atom. The highest BCUT2D eigenvalue weighted by atomic mass is 19.1. The lowest BCUT2D eigenvalue weighted by molar-refractivity contribution is -0.123. The number of hydrogen-bond acceptors (Lipinski definition) is 8. The number of benzene rings is 2. The van der Waals surface area contributed by atoms with Gasteiger partial charge in [0.1, 0.15) is 23.4 Å². The highest BCUT2D eigenvalue weighted by molar-refractivity contribution is 5.95. The number of methoxy groups -OCH3 is 1. The van der Waals surface area contributed by atoms with E-state index in [4.69, 9.17) is 18.6 Å². The van der Waals surface area contributed by atoms with E-state index >= 15 is 0 Å². The maximum absolute atomic E-state index is 14.6. The Balaban J connectivity index is 1.27. The van der Waals surface area contributed by atoms with Crippen molar-refractivity contribution in [3.63, 3.8) is 0 Å². The largest absolute Gasteiger partial charge is 0.493 e. The molecule has 6 rings (SSSR count). The second-order valence-electron chi connectivity index (χ2n) is 11.9. The molecule has 0 aliphatic carbocycles. The van der Waals surface area contributed by atoms with Gasteiger partial charge in [0.25, 0.3) is 17.7 Å². The second-order valence-corrected chi connectivity index (χ2v) is 11.9. The maximum Gasteiger partial charge on any atom is 0.289 e. The van der Waals surface area contributed by atoms with E-state index in [0.717, 1.165) is 31.0 Å². The summed E-state index contributed by atoms with van der Waals surface area (Å²) in [5, 5.41) is 5.74. The Hall–Kier alpha value is -4.58. The molecule has 1 aromatic heterocycles. The average Bonchev–Trinajstić information content (AvgIpc) is 3.72. The Morgan fingerprint density at radius 1 is 1.09 bits per heavy atom. The number of rotatable bonds is 5. The molecule has 4 heterocycles. The number of carbonyl (C=O) groups is 3. The van der Waals surface area contributed by atoms with Gasteiger partial charge < -0.3 is 34.2 Å². The van der Waals surface area contributed by atoms with E-state index in [9.17, 15) is 18.8 Å². The zero-order chi connectivity index (χ0) is 32.2. The molecule has 0 spiro atoms. The van der Waals surface area contributed by atoms with Crippen molar-refractivity contribution < 1.29 is 37.4 Å². The standard InChI is InChI=1S/C34H39FN4O7/c1-3-27-23(18-38-9-4-5-10-38)15-31(46-27)34(42)39-11-8-28-26(19-39)37-33(41)22-6-7-29(43-2)30(14-22)44-20-32(40)36-17-21-12-24(35)16-25(13-21)45-28/h6-7,12-16,26,28H,3-5,8-11,17-20H2,1-2H3,(H,36,40)(H,37,41)/t26-,28+/m0/s1. The molecule has 2 fully saturated rings. The molecule has 2 aromatic carbocycles. The molecule has 0 radical (unpaired) electrons. The summed E-state index contributed by atoms with van der Waals surface area (Å²) in [5.74, 6) is 0.259. The normalized spacial score (nSPS) is 20.6. The van der Waals surface area contributed by atoms with Crippen molar-refractivity contribution in [2.75, 3.05) is 39.9 Å². The van der Waals surface area contributed by atoms with Gasteiger partial charge in [0.2, 0.25) is 0 Å². The number of amides is 3. The molecule has 4 bridgehead atoms. The third kappa shape index (κ3) is 7.12. The quantitative estimate of drug-likeness (QED) is 0.436. The first-order valence-corrected chi connectivity index (χ1v) is 15.8. The van der Waals surface area contributed by atoms with E-state index in [2.05, 4.69) is 15.5 Å². The summed E-state index contributed by atoms with van der Waals surface area (Å²) in [5.41, 5.74) is 1.79. The third-order valence-electron chi connectivity index (χ3n) is 8.67. The summed E-state index contributed by atoms with van der Waals surface area (Å²) in [6.07, 6.45) is 2.82. The van der Waals surface area contributed by atoms with Gasteiger partial charge in [-0.25, -0.2) is 4.39 Å². The zero-order valence-corrected chi connectivity index (χ0v) is 26.1. The number of nitrogens with one attached hydrogen (secondary N) is 2. The molecule has 11 nitrogen and oxygen atoms in total. The summed E-state index contributed by atoms with van der Waals surface area (Å²) in [6, 6.07) is 10.1. The van der Waals surface area contributed by atoms with Crippen molar-refractivity contribution in [3.8, 4) is 17.2 Å². The first-order chi connectivity index (χ1) is 22.3. The van der Waals surface area contributed by atoms with E-state index in [0.29, 0.717) is 30.7 Å². The summed E-state index contributed by atoms with van der Waals surface area (Å²) in [6.45, 7) is 5.05. The van der Waals surface area contributed by atoms with Crippen molar-refractivity contribution >= 4 is 17.7 Å². The van der Waals surface area contributed by atoms with Crippen molar-refractivity contribution in [1.29, 1.82) is 0 Å². The molecule has 3 amide bonds. The fraction of sp³-hybridized carbons (Fsp3) is 0.441. The van der Waals surface area contributed by atoms with Crippen LogP contribution in [0.5, 0.6) is 17.2 Å². The van der Waals surface area contributed by atoms with Crippen LogP contribution in [0.1, 0.15) is 64.0 Å². The minimum absolute atomic E-state index is 0.0588. The van der Waals surface area contributed by atoms with E-state index in [-0.39, 0.29) is 48.4 Å². The molecule has 0 unspecified atom stereocenters. The maximum atomic E-state index is 14.6. The summed E-state index contributed by atoms with van der Waals surface area (Å²) in [7, 11) is 1.46. The van der Waals surface area contributed by atoms with Crippen molar-refractivity contribution in [1.82, 2.24) is 20.4 Å². The van der Waals surface area contributed by atoms with E-state index in [1.54, 1.807) is 23.1 Å². The molecule has 3 aromatic rings. The monoisotopic (exact) mass is 634 g/mol. The molecule has 46 heavy (non-hydrogen) atoms. The van der Waals surface area contributed by atoms with Crippen molar-refractivity contribution in [2.24, 2.45) is 0 Å². The number of carbonyl (C=O) groups excluding carboxylic acids is 3. The zero-order valence-electron chi connectivity index (χ0n) is 26.1. The Morgan fingerprint density at radius 3 is 2.70 bits per heavy atom. The minimum atomic E-state index is -0.638. The van der Waals surface area contributed by atoms with Gasteiger partial charge in [-0.15, -0.1) is 0 Å². The van der Waals surface area contributed by atoms with Gasteiger partial charge in [0, 0.05) is 56.2 Å². The Kier molecular flexibility index (Phi) is 9.43. The highest BCUT2D eigenvalue weighted by Gasteiger charge is 2.36. The molecule has 12 heteroatoms. The molecule has 2 atom stereocenters. The van der Waals surface area contributed by atoms with E-state index < -0.39 is 29.8 Å². The molecule has 3 aliphatic heterocycles. The highest BCUT2D eigenvalue weighted by Crippen LogP contribution is 2.29. The molecule has 3 aliphatic rings. The van der Waals surface area contributed by atoms with Crippen LogP contribution in [-0.4, -0.2) is 79.6 Å². The van der Waals surface area contributed by atoms with Crippen LogP contribution in [0.15, 0.2) is 46.9 Å². The molecule has 0 saturated carbocycles. The summed E-state index contributed by atoms with van der Waals surface area (Å²) < 4.78 is 38.0. The number of fused-ring (bicyclic) bond motifs is 5. The smallest absolute Gasteiger partial charge is 0.289 e. The number of nitrogens with zero attached hydrogens (tertiary/aromatic N) is 2. The topological polar surface area (TPSA) is 123 Å². The second kappa shape index (κ2) is 13.8. The Labute approximate surface area is 267 Å². The van der Waals surface area contributed by atoms with Gasteiger partial charge in [-0.2, -0.15) is 0 Å². The number of hydrogen-bond donors (Lipinski definition) is 2. The number of halogens is 1. The van der Waals surface area contributed by atoms with Crippen LogP contribution < -0.4 is 24.8 Å². The number of piperidine rings is 1. The van der Waals surface area contributed by atoms with Gasteiger partial charge in [-0.05, 0) is 67.9 Å².